The van der Waals surface area contributed by atoms with Gasteiger partial charge in [-0.05, 0) is 37.3 Å². The maximum absolute atomic E-state index is 11.6. The third kappa shape index (κ3) is 6.04. The number of methoxy groups -OCH3 is 1. The fourth-order valence-corrected chi connectivity index (χ4v) is 1.87. The molecule has 0 unspecified atom stereocenters. The molecule has 1 aliphatic rings. The molecule has 1 N–H and O–H groups in total. The Balaban J connectivity index is 1.54. The molecule has 0 atom stereocenters. The Labute approximate surface area is 125 Å². The van der Waals surface area contributed by atoms with Gasteiger partial charge in [0.2, 0.25) is 0 Å². The summed E-state index contributed by atoms with van der Waals surface area (Å²) >= 11 is 0. The van der Waals surface area contributed by atoms with Crippen LogP contribution in [0.4, 0.5) is 0 Å². The van der Waals surface area contributed by atoms with Gasteiger partial charge in [0.15, 0.2) is 18.1 Å². The van der Waals surface area contributed by atoms with Gasteiger partial charge in [-0.15, -0.1) is 0 Å². The van der Waals surface area contributed by atoms with Crippen molar-refractivity contribution in [3.63, 3.8) is 0 Å². The molecule has 0 aromatic heterocycles. The number of carbonyl (C=O) groups excluding carboxylic acids is 1. The van der Waals surface area contributed by atoms with Gasteiger partial charge in [0.1, 0.15) is 0 Å². The van der Waals surface area contributed by atoms with E-state index < -0.39 is 0 Å². The van der Waals surface area contributed by atoms with E-state index in [1.54, 1.807) is 19.2 Å². The van der Waals surface area contributed by atoms with Crippen molar-refractivity contribution in [3.05, 3.63) is 24.3 Å². The van der Waals surface area contributed by atoms with E-state index in [1.165, 1.54) is 12.8 Å². The maximum atomic E-state index is 11.6. The molecule has 1 aliphatic carbocycles. The first kappa shape index (κ1) is 15.6. The van der Waals surface area contributed by atoms with Crippen LogP contribution in [0.25, 0.3) is 0 Å². The molecule has 1 saturated carbocycles. The molecule has 2 rings (SSSR count). The van der Waals surface area contributed by atoms with Crippen molar-refractivity contribution in [1.82, 2.24) is 5.32 Å². The third-order valence-corrected chi connectivity index (χ3v) is 3.27. The minimum atomic E-state index is -0.136. The minimum Gasteiger partial charge on any atom is -0.493 e. The Kier molecular flexibility index (Phi) is 6.34. The van der Waals surface area contributed by atoms with Gasteiger partial charge in [0.05, 0.1) is 7.11 Å². The van der Waals surface area contributed by atoms with Crippen LogP contribution in [-0.2, 0) is 9.53 Å². The third-order valence-electron chi connectivity index (χ3n) is 3.27. The molecule has 21 heavy (non-hydrogen) atoms. The van der Waals surface area contributed by atoms with Crippen molar-refractivity contribution in [2.45, 2.75) is 19.3 Å². The van der Waals surface area contributed by atoms with Gasteiger partial charge in [0, 0.05) is 19.8 Å². The summed E-state index contributed by atoms with van der Waals surface area (Å²) in [5.41, 5.74) is 0. The van der Waals surface area contributed by atoms with Gasteiger partial charge in [-0.25, -0.2) is 0 Å². The highest BCUT2D eigenvalue weighted by Gasteiger charge is 2.20. The van der Waals surface area contributed by atoms with Crippen LogP contribution >= 0.6 is 0 Å². The Morgan fingerprint density at radius 3 is 2.76 bits per heavy atom. The van der Waals surface area contributed by atoms with Crippen LogP contribution in [0, 0.1) is 5.92 Å². The lowest BCUT2D eigenvalue weighted by molar-refractivity contribution is -0.123. The average Bonchev–Trinajstić information content (AvgIpc) is 3.33. The van der Waals surface area contributed by atoms with E-state index in [0.717, 1.165) is 18.9 Å². The van der Waals surface area contributed by atoms with Crippen LogP contribution < -0.4 is 14.8 Å². The Hall–Kier alpha value is -1.75. The first-order chi connectivity index (χ1) is 10.3. The number of benzene rings is 1. The summed E-state index contributed by atoms with van der Waals surface area (Å²) in [6, 6.07) is 7.27. The average molecular weight is 293 g/mol. The summed E-state index contributed by atoms with van der Waals surface area (Å²) in [6.07, 6.45) is 3.43. The number of rotatable bonds is 10. The predicted octanol–water partition coefficient (Wildman–Crippen LogP) is 2.01. The zero-order chi connectivity index (χ0) is 14.9. The van der Waals surface area contributed by atoms with Crippen LogP contribution in [0.15, 0.2) is 24.3 Å². The van der Waals surface area contributed by atoms with Crippen LogP contribution in [-0.4, -0.2) is 39.4 Å². The van der Waals surface area contributed by atoms with E-state index in [-0.39, 0.29) is 12.5 Å². The molecular weight excluding hydrogens is 270 g/mol. The lowest BCUT2D eigenvalue weighted by atomic mass is 10.3. The molecule has 1 aromatic carbocycles. The Morgan fingerprint density at radius 1 is 1.29 bits per heavy atom. The van der Waals surface area contributed by atoms with Crippen molar-refractivity contribution in [1.29, 1.82) is 0 Å². The fourth-order valence-electron chi connectivity index (χ4n) is 1.87. The fraction of sp³-hybridized carbons (Fsp3) is 0.562. The van der Waals surface area contributed by atoms with Crippen LogP contribution in [0.2, 0.25) is 0 Å². The summed E-state index contributed by atoms with van der Waals surface area (Å²) in [7, 11) is 1.57. The second-order valence-corrected chi connectivity index (χ2v) is 5.16. The second kappa shape index (κ2) is 8.52. The molecule has 0 spiro atoms. The van der Waals surface area contributed by atoms with Crippen molar-refractivity contribution in [3.8, 4) is 11.5 Å². The summed E-state index contributed by atoms with van der Waals surface area (Å²) in [4.78, 5) is 11.6. The maximum Gasteiger partial charge on any atom is 0.257 e. The number of amides is 1. The summed E-state index contributed by atoms with van der Waals surface area (Å²) < 4.78 is 16.1. The monoisotopic (exact) mass is 293 g/mol. The lowest BCUT2D eigenvalue weighted by Crippen LogP contribution is -2.30. The number of ether oxygens (including phenoxy) is 3. The van der Waals surface area contributed by atoms with E-state index in [0.29, 0.717) is 24.7 Å². The summed E-state index contributed by atoms with van der Waals surface area (Å²) in [5.74, 6) is 1.85. The predicted molar refractivity (Wildman–Crippen MR) is 79.7 cm³/mol. The van der Waals surface area contributed by atoms with E-state index in [4.69, 9.17) is 14.2 Å². The largest absolute Gasteiger partial charge is 0.493 e. The zero-order valence-electron chi connectivity index (χ0n) is 12.5. The van der Waals surface area contributed by atoms with Gasteiger partial charge in [0.25, 0.3) is 5.91 Å². The molecular formula is C16H23NO4. The van der Waals surface area contributed by atoms with Crippen LogP contribution in [0.5, 0.6) is 11.5 Å². The molecule has 5 heteroatoms. The van der Waals surface area contributed by atoms with Gasteiger partial charge in [-0.1, -0.05) is 12.1 Å². The Bertz CT molecular complexity index is 446. The molecule has 0 radical (unpaired) electrons. The highest BCUT2D eigenvalue weighted by Crippen LogP contribution is 2.28. The zero-order valence-corrected chi connectivity index (χ0v) is 12.5. The molecule has 1 aromatic rings. The number of para-hydroxylation sites is 2. The summed E-state index contributed by atoms with van der Waals surface area (Å²) in [6.45, 7) is 2.16. The molecule has 1 fully saturated rings. The molecule has 0 bridgehead atoms. The van der Waals surface area contributed by atoms with Gasteiger partial charge in [-0.2, -0.15) is 0 Å². The number of nitrogens with one attached hydrogen (secondary N) is 1. The SMILES string of the molecule is COc1ccccc1OCC(=O)NCCCOCC1CC1. The first-order valence-corrected chi connectivity index (χ1v) is 7.40. The molecule has 5 nitrogen and oxygen atoms in total. The van der Waals surface area contributed by atoms with E-state index in [1.807, 2.05) is 12.1 Å². The summed E-state index contributed by atoms with van der Waals surface area (Å²) in [5, 5.41) is 2.81. The van der Waals surface area contributed by atoms with Gasteiger partial charge >= 0.3 is 0 Å². The lowest BCUT2D eigenvalue weighted by Gasteiger charge is -2.10. The van der Waals surface area contributed by atoms with Gasteiger partial charge in [-0.3, -0.25) is 4.79 Å². The van der Waals surface area contributed by atoms with E-state index >= 15 is 0 Å². The molecule has 0 heterocycles. The number of hydrogen-bond donors (Lipinski definition) is 1. The topological polar surface area (TPSA) is 56.8 Å². The molecule has 116 valence electrons. The van der Waals surface area contributed by atoms with E-state index in [9.17, 15) is 4.79 Å². The van der Waals surface area contributed by atoms with Crippen LogP contribution in [0.3, 0.4) is 0 Å². The smallest absolute Gasteiger partial charge is 0.257 e. The first-order valence-electron chi connectivity index (χ1n) is 7.40. The number of hydrogen-bond acceptors (Lipinski definition) is 4. The Morgan fingerprint density at radius 2 is 2.05 bits per heavy atom. The standard InChI is InChI=1S/C16H23NO4/c1-19-14-5-2-3-6-15(14)21-12-16(18)17-9-4-10-20-11-13-7-8-13/h2-3,5-6,13H,4,7-12H2,1H3,(H,17,18). The van der Waals surface area contributed by atoms with Gasteiger partial charge < -0.3 is 19.5 Å². The minimum absolute atomic E-state index is 0.0106. The van der Waals surface area contributed by atoms with Crippen LogP contribution in [0.1, 0.15) is 19.3 Å². The molecule has 0 aliphatic heterocycles. The normalized spacial score (nSPS) is 13.8. The quantitative estimate of drug-likeness (QED) is 0.670. The highest BCUT2D eigenvalue weighted by atomic mass is 16.5. The number of carbonyl (C=O) groups is 1. The van der Waals surface area contributed by atoms with E-state index in [2.05, 4.69) is 5.32 Å². The van der Waals surface area contributed by atoms with Crippen molar-refractivity contribution < 1.29 is 19.0 Å². The molecule has 1 amide bonds. The molecule has 0 saturated heterocycles. The van der Waals surface area contributed by atoms with Crippen molar-refractivity contribution in [2.24, 2.45) is 5.92 Å². The highest BCUT2D eigenvalue weighted by molar-refractivity contribution is 5.77. The van der Waals surface area contributed by atoms with Crippen molar-refractivity contribution in [2.75, 3.05) is 33.5 Å². The van der Waals surface area contributed by atoms with Crippen molar-refractivity contribution >= 4 is 5.91 Å². The second-order valence-electron chi connectivity index (χ2n) is 5.16.